The van der Waals surface area contributed by atoms with E-state index >= 15 is 0 Å². The fourth-order valence-corrected chi connectivity index (χ4v) is 3.23. The minimum atomic E-state index is -0.363. The Bertz CT molecular complexity index is 1210. The Morgan fingerprint density at radius 1 is 1.07 bits per heavy atom. The second kappa shape index (κ2) is 8.57. The lowest BCUT2D eigenvalue weighted by Gasteiger charge is -2.08. The standard InChI is InChI=1S/C23H21N5O2/c1-15(29)16-5-4-6-18(13-16)27-22(30)21-10-12-25-23(28-21)24-11-9-17-14-26-20-8-3-2-7-19(17)20/h2-8,10,12-14,26H,9,11H2,1H3,(H,27,30)(H,24,25,28). The number of hydrogen-bond donors (Lipinski definition) is 3. The molecule has 2 aromatic carbocycles. The molecule has 7 nitrogen and oxygen atoms in total. The van der Waals surface area contributed by atoms with E-state index in [0.717, 1.165) is 11.9 Å². The van der Waals surface area contributed by atoms with Crippen LogP contribution in [-0.4, -0.2) is 33.2 Å². The van der Waals surface area contributed by atoms with Gasteiger partial charge in [-0.25, -0.2) is 9.97 Å². The molecule has 3 N–H and O–H groups in total. The normalized spacial score (nSPS) is 10.7. The molecular weight excluding hydrogens is 378 g/mol. The largest absolute Gasteiger partial charge is 0.361 e. The van der Waals surface area contributed by atoms with Crippen LogP contribution in [0.15, 0.2) is 67.0 Å². The number of anilines is 2. The molecule has 2 heterocycles. The van der Waals surface area contributed by atoms with Crippen LogP contribution in [0.1, 0.15) is 33.3 Å². The van der Waals surface area contributed by atoms with Crippen molar-refractivity contribution in [3.05, 3.63) is 83.8 Å². The number of carbonyl (C=O) groups excluding carboxylic acids is 2. The van der Waals surface area contributed by atoms with E-state index in [1.165, 1.54) is 17.9 Å². The zero-order valence-corrected chi connectivity index (χ0v) is 16.5. The van der Waals surface area contributed by atoms with Gasteiger partial charge in [-0.15, -0.1) is 0 Å². The highest BCUT2D eigenvalue weighted by Gasteiger charge is 2.11. The topological polar surface area (TPSA) is 99.8 Å². The van der Waals surface area contributed by atoms with E-state index in [-0.39, 0.29) is 17.4 Å². The van der Waals surface area contributed by atoms with Gasteiger partial charge in [0.15, 0.2) is 5.78 Å². The van der Waals surface area contributed by atoms with Gasteiger partial charge < -0.3 is 15.6 Å². The smallest absolute Gasteiger partial charge is 0.274 e. The van der Waals surface area contributed by atoms with E-state index in [9.17, 15) is 9.59 Å². The Balaban J connectivity index is 1.39. The fraction of sp³-hybridized carbons (Fsp3) is 0.130. The van der Waals surface area contributed by atoms with Crippen molar-refractivity contribution in [2.75, 3.05) is 17.2 Å². The lowest BCUT2D eigenvalue weighted by molar-refractivity contribution is 0.100. The molecular formula is C23H21N5O2. The minimum absolute atomic E-state index is 0.0603. The molecule has 1 amide bonds. The minimum Gasteiger partial charge on any atom is -0.361 e. The molecule has 150 valence electrons. The summed E-state index contributed by atoms with van der Waals surface area (Å²) in [6, 6.07) is 16.5. The number of H-pyrrole nitrogens is 1. The summed E-state index contributed by atoms with van der Waals surface area (Å²) in [7, 11) is 0. The molecule has 0 bridgehead atoms. The van der Waals surface area contributed by atoms with Gasteiger partial charge in [0.2, 0.25) is 5.95 Å². The molecule has 0 aliphatic carbocycles. The molecule has 2 aromatic heterocycles. The van der Waals surface area contributed by atoms with E-state index in [2.05, 4.69) is 31.7 Å². The summed E-state index contributed by atoms with van der Waals surface area (Å²) in [5, 5.41) is 7.13. The van der Waals surface area contributed by atoms with E-state index in [1.807, 2.05) is 24.4 Å². The fourth-order valence-electron chi connectivity index (χ4n) is 3.23. The van der Waals surface area contributed by atoms with Crippen LogP contribution >= 0.6 is 0 Å². The third kappa shape index (κ3) is 4.35. The van der Waals surface area contributed by atoms with Gasteiger partial charge in [-0.3, -0.25) is 9.59 Å². The summed E-state index contributed by atoms with van der Waals surface area (Å²) in [6.07, 6.45) is 4.34. The summed E-state index contributed by atoms with van der Waals surface area (Å²) in [5.41, 5.74) is 3.64. The Morgan fingerprint density at radius 3 is 2.80 bits per heavy atom. The first-order valence-corrected chi connectivity index (χ1v) is 9.64. The van der Waals surface area contributed by atoms with Gasteiger partial charge >= 0.3 is 0 Å². The average Bonchev–Trinajstić information content (AvgIpc) is 3.17. The predicted molar refractivity (Wildman–Crippen MR) is 117 cm³/mol. The number of rotatable bonds is 7. The maximum absolute atomic E-state index is 12.5. The van der Waals surface area contributed by atoms with Crippen molar-refractivity contribution in [2.24, 2.45) is 0 Å². The van der Waals surface area contributed by atoms with Crippen LogP contribution in [0, 0.1) is 0 Å². The van der Waals surface area contributed by atoms with Crippen molar-refractivity contribution < 1.29 is 9.59 Å². The third-order valence-corrected chi connectivity index (χ3v) is 4.77. The van der Waals surface area contributed by atoms with Crippen molar-refractivity contribution in [1.29, 1.82) is 0 Å². The van der Waals surface area contributed by atoms with Crippen molar-refractivity contribution in [3.8, 4) is 0 Å². The van der Waals surface area contributed by atoms with Crippen LogP contribution in [0.4, 0.5) is 11.6 Å². The van der Waals surface area contributed by atoms with Gasteiger partial charge in [0, 0.05) is 41.1 Å². The summed E-state index contributed by atoms with van der Waals surface area (Å²) < 4.78 is 0. The molecule has 4 aromatic rings. The molecule has 30 heavy (non-hydrogen) atoms. The van der Waals surface area contributed by atoms with Crippen LogP contribution < -0.4 is 10.6 Å². The number of Topliss-reactive ketones (excluding diaryl/α,β-unsaturated/α-hetero) is 1. The maximum Gasteiger partial charge on any atom is 0.274 e. The lowest BCUT2D eigenvalue weighted by Crippen LogP contribution is -2.16. The number of aromatic amines is 1. The number of amides is 1. The van der Waals surface area contributed by atoms with E-state index in [1.54, 1.807) is 36.5 Å². The Hall–Kier alpha value is -4.00. The molecule has 0 aliphatic heterocycles. The van der Waals surface area contributed by atoms with Gasteiger partial charge in [-0.2, -0.15) is 0 Å². The van der Waals surface area contributed by atoms with Crippen LogP contribution in [-0.2, 0) is 6.42 Å². The van der Waals surface area contributed by atoms with Gasteiger partial charge in [-0.1, -0.05) is 30.3 Å². The molecule has 4 rings (SSSR count). The lowest BCUT2D eigenvalue weighted by atomic mass is 10.1. The second-order valence-corrected chi connectivity index (χ2v) is 6.89. The molecule has 0 fully saturated rings. The highest BCUT2D eigenvalue weighted by atomic mass is 16.2. The maximum atomic E-state index is 12.5. The van der Waals surface area contributed by atoms with Gasteiger partial charge in [0.25, 0.3) is 5.91 Å². The predicted octanol–water partition coefficient (Wildman–Crippen LogP) is 4.07. The van der Waals surface area contributed by atoms with Crippen molar-refractivity contribution in [3.63, 3.8) is 0 Å². The zero-order valence-electron chi connectivity index (χ0n) is 16.5. The first-order valence-electron chi connectivity index (χ1n) is 9.64. The van der Waals surface area contributed by atoms with Gasteiger partial charge in [0.05, 0.1) is 0 Å². The van der Waals surface area contributed by atoms with Crippen LogP contribution in [0.5, 0.6) is 0 Å². The number of fused-ring (bicyclic) bond motifs is 1. The number of nitrogens with zero attached hydrogens (tertiary/aromatic N) is 2. The van der Waals surface area contributed by atoms with Crippen molar-refractivity contribution >= 4 is 34.2 Å². The number of benzene rings is 2. The Morgan fingerprint density at radius 2 is 1.93 bits per heavy atom. The van der Waals surface area contributed by atoms with Crippen LogP contribution in [0.3, 0.4) is 0 Å². The second-order valence-electron chi connectivity index (χ2n) is 6.89. The molecule has 0 atom stereocenters. The summed E-state index contributed by atoms with van der Waals surface area (Å²) in [4.78, 5) is 35.8. The van der Waals surface area contributed by atoms with Crippen molar-refractivity contribution in [1.82, 2.24) is 15.0 Å². The number of hydrogen-bond acceptors (Lipinski definition) is 5. The van der Waals surface area contributed by atoms with Gasteiger partial charge in [0.1, 0.15) is 5.69 Å². The van der Waals surface area contributed by atoms with Crippen molar-refractivity contribution in [2.45, 2.75) is 13.3 Å². The number of aromatic nitrogens is 3. The van der Waals surface area contributed by atoms with Gasteiger partial charge in [-0.05, 0) is 43.2 Å². The molecule has 0 unspecified atom stereocenters. The van der Waals surface area contributed by atoms with E-state index < -0.39 is 0 Å². The SMILES string of the molecule is CC(=O)c1cccc(NC(=O)c2ccnc(NCCc3c[nH]c4ccccc34)n2)c1. The molecule has 0 saturated carbocycles. The molecule has 0 aliphatic rings. The highest BCUT2D eigenvalue weighted by Crippen LogP contribution is 2.18. The van der Waals surface area contributed by atoms with E-state index in [4.69, 9.17) is 0 Å². The third-order valence-electron chi connectivity index (χ3n) is 4.77. The summed E-state index contributed by atoms with van der Waals surface area (Å²) in [5.74, 6) is -0.0346. The highest BCUT2D eigenvalue weighted by molar-refractivity contribution is 6.04. The monoisotopic (exact) mass is 399 g/mol. The van der Waals surface area contributed by atoms with Crippen LogP contribution in [0.2, 0.25) is 0 Å². The number of nitrogens with one attached hydrogen (secondary N) is 3. The molecule has 0 spiro atoms. The first-order chi connectivity index (χ1) is 14.6. The molecule has 0 radical (unpaired) electrons. The zero-order chi connectivity index (χ0) is 20.9. The quantitative estimate of drug-likeness (QED) is 0.407. The summed E-state index contributed by atoms with van der Waals surface area (Å²) in [6.45, 7) is 2.12. The number of carbonyl (C=O) groups is 2. The Labute approximate surface area is 173 Å². The number of para-hydroxylation sites is 1. The molecule has 0 saturated heterocycles. The molecule has 7 heteroatoms. The van der Waals surface area contributed by atoms with E-state index in [0.29, 0.717) is 23.7 Å². The number of ketones is 1. The summed E-state index contributed by atoms with van der Waals surface area (Å²) >= 11 is 0. The van der Waals surface area contributed by atoms with Crippen LogP contribution in [0.25, 0.3) is 10.9 Å². The first kappa shape index (κ1) is 19.3. The Kier molecular flexibility index (Phi) is 5.52. The average molecular weight is 399 g/mol.